The molecule has 0 saturated carbocycles. The van der Waals surface area contributed by atoms with Crippen molar-refractivity contribution in [3.8, 4) is 0 Å². The van der Waals surface area contributed by atoms with Crippen LogP contribution in [0.2, 0.25) is 0 Å². The largest absolute Gasteiger partial charge is 0.358 e. The Bertz CT molecular complexity index is 1170. The van der Waals surface area contributed by atoms with Crippen LogP contribution in [-0.4, -0.2) is 71.8 Å². The highest BCUT2D eigenvalue weighted by atomic mass is 16.2. The highest BCUT2D eigenvalue weighted by molar-refractivity contribution is 6.35. The zero-order valence-corrected chi connectivity index (χ0v) is 21.1. The van der Waals surface area contributed by atoms with E-state index in [9.17, 15) is 14.4 Å². The molecule has 2 aromatic rings. The van der Waals surface area contributed by atoms with Gasteiger partial charge in [0, 0.05) is 54.4 Å². The second kappa shape index (κ2) is 10.5. The normalized spacial score (nSPS) is 16.2. The molecule has 1 aromatic carbocycles. The molecule has 2 aliphatic rings. The molecule has 0 radical (unpaired) electrons. The molecule has 0 aliphatic carbocycles. The number of carbonyl (C=O) groups is 3. The lowest BCUT2D eigenvalue weighted by Gasteiger charge is -2.18. The van der Waals surface area contributed by atoms with Crippen molar-refractivity contribution in [3.05, 3.63) is 51.8 Å². The van der Waals surface area contributed by atoms with E-state index < -0.39 is 0 Å². The molecule has 0 bridgehead atoms. The first-order chi connectivity index (χ1) is 16.8. The van der Waals surface area contributed by atoms with Crippen LogP contribution in [-0.2, 0) is 4.79 Å². The zero-order valence-electron chi connectivity index (χ0n) is 21.1. The Hall–Kier alpha value is -3.39. The maximum Gasteiger partial charge on any atom is 0.256 e. The van der Waals surface area contributed by atoms with Gasteiger partial charge in [0.1, 0.15) is 0 Å². The van der Waals surface area contributed by atoms with Crippen LogP contribution in [0.5, 0.6) is 0 Å². The fraction of sp³-hybridized carbons (Fsp3) is 0.444. The number of anilines is 1. The molecule has 186 valence electrons. The van der Waals surface area contributed by atoms with E-state index in [0.717, 1.165) is 56.8 Å². The maximum absolute atomic E-state index is 12.9. The third-order valence-corrected chi connectivity index (χ3v) is 7.04. The van der Waals surface area contributed by atoms with E-state index in [1.54, 1.807) is 24.3 Å². The number of hydrogen-bond donors (Lipinski definition) is 3. The third-order valence-electron chi connectivity index (χ3n) is 7.04. The number of nitrogens with one attached hydrogen (secondary N) is 3. The van der Waals surface area contributed by atoms with Crippen molar-refractivity contribution in [1.82, 2.24) is 20.1 Å². The number of aryl methyl sites for hydroxylation is 1. The summed E-state index contributed by atoms with van der Waals surface area (Å²) >= 11 is 0. The minimum Gasteiger partial charge on any atom is -0.358 e. The van der Waals surface area contributed by atoms with Crippen molar-refractivity contribution in [1.29, 1.82) is 0 Å². The summed E-state index contributed by atoms with van der Waals surface area (Å²) in [4.78, 5) is 46.0. The number of nitrogens with zero attached hydrogens (tertiary/aromatic N) is 2. The van der Waals surface area contributed by atoms with Crippen LogP contribution >= 0.6 is 0 Å². The van der Waals surface area contributed by atoms with Gasteiger partial charge in [-0.15, -0.1) is 0 Å². The Labute approximate surface area is 206 Å². The van der Waals surface area contributed by atoms with Gasteiger partial charge in [0.05, 0.1) is 11.1 Å². The molecule has 0 spiro atoms. The van der Waals surface area contributed by atoms with E-state index in [0.29, 0.717) is 40.2 Å². The summed E-state index contributed by atoms with van der Waals surface area (Å²) in [6, 6.07) is 5.36. The first-order valence-electron chi connectivity index (χ1n) is 12.5. The lowest BCUT2D eigenvalue weighted by atomic mass is 10.0. The topological polar surface area (TPSA) is 97.5 Å². The standard InChI is InChI=1S/C27H35N5O3/c1-5-31(6-2)14-11-28-26(34)24-17(3)23(29-18(24)4)16-21-20-15-19(9-10-22(20)30-25(21)33)27(35)32-12-7-8-13-32/h9-10,15-16,29H,5-8,11-14H2,1-4H3,(H,28,34)(H,30,33). The average molecular weight is 478 g/mol. The lowest BCUT2D eigenvalue weighted by Crippen LogP contribution is -2.35. The van der Waals surface area contributed by atoms with E-state index in [-0.39, 0.29) is 17.7 Å². The first kappa shape index (κ1) is 24.7. The number of aromatic nitrogens is 1. The number of carbonyl (C=O) groups excluding carboxylic acids is 3. The van der Waals surface area contributed by atoms with Crippen LogP contribution in [0.1, 0.15) is 69.9 Å². The maximum atomic E-state index is 12.9. The van der Waals surface area contributed by atoms with Crippen LogP contribution in [0, 0.1) is 13.8 Å². The molecule has 1 aromatic heterocycles. The number of amides is 3. The summed E-state index contributed by atoms with van der Waals surface area (Å²) in [5.41, 5.74) is 5.33. The fourth-order valence-electron chi connectivity index (χ4n) is 4.93. The van der Waals surface area contributed by atoms with Crippen molar-refractivity contribution >= 4 is 35.1 Å². The van der Waals surface area contributed by atoms with Crippen molar-refractivity contribution in [2.24, 2.45) is 0 Å². The predicted octanol–water partition coefficient (Wildman–Crippen LogP) is 3.43. The summed E-state index contributed by atoms with van der Waals surface area (Å²) in [5, 5.41) is 5.90. The van der Waals surface area contributed by atoms with Crippen molar-refractivity contribution < 1.29 is 14.4 Å². The van der Waals surface area contributed by atoms with Crippen LogP contribution in [0.15, 0.2) is 18.2 Å². The van der Waals surface area contributed by atoms with E-state index >= 15 is 0 Å². The van der Waals surface area contributed by atoms with Gasteiger partial charge < -0.3 is 25.4 Å². The number of benzene rings is 1. The highest BCUT2D eigenvalue weighted by Gasteiger charge is 2.28. The molecule has 0 unspecified atom stereocenters. The summed E-state index contributed by atoms with van der Waals surface area (Å²) < 4.78 is 0. The van der Waals surface area contributed by atoms with Gasteiger partial charge in [0.25, 0.3) is 17.7 Å². The minimum absolute atomic E-state index is 0.000401. The molecule has 3 amide bonds. The monoisotopic (exact) mass is 477 g/mol. The van der Waals surface area contributed by atoms with Crippen LogP contribution in [0.25, 0.3) is 11.6 Å². The molecule has 8 nitrogen and oxygen atoms in total. The highest BCUT2D eigenvalue weighted by Crippen LogP contribution is 2.35. The summed E-state index contributed by atoms with van der Waals surface area (Å²) in [7, 11) is 0. The van der Waals surface area contributed by atoms with Crippen LogP contribution in [0.3, 0.4) is 0 Å². The summed E-state index contributed by atoms with van der Waals surface area (Å²) in [6.45, 7) is 12.8. The van der Waals surface area contributed by atoms with Crippen LogP contribution in [0.4, 0.5) is 5.69 Å². The van der Waals surface area contributed by atoms with Gasteiger partial charge in [-0.1, -0.05) is 13.8 Å². The fourth-order valence-corrected chi connectivity index (χ4v) is 4.93. The molecule has 3 N–H and O–H groups in total. The van der Waals surface area contributed by atoms with Gasteiger partial charge >= 0.3 is 0 Å². The van der Waals surface area contributed by atoms with Crippen molar-refractivity contribution in [3.63, 3.8) is 0 Å². The van der Waals surface area contributed by atoms with E-state index in [1.807, 2.05) is 18.7 Å². The Morgan fingerprint density at radius 3 is 2.54 bits per heavy atom. The van der Waals surface area contributed by atoms with E-state index in [2.05, 4.69) is 34.4 Å². The Balaban J connectivity index is 1.57. The molecule has 2 aliphatic heterocycles. The Morgan fingerprint density at radius 1 is 1.14 bits per heavy atom. The van der Waals surface area contributed by atoms with Gasteiger partial charge in [-0.25, -0.2) is 0 Å². The Kier molecular flexibility index (Phi) is 7.40. The SMILES string of the molecule is CCN(CC)CCNC(=O)c1c(C)[nH]c(C=C2C(=O)Nc3ccc(C(=O)N4CCCC4)cc32)c1C. The van der Waals surface area contributed by atoms with Crippen molar-refractivity contribution in [2.75, 3.05) is 44.6 Å². The molecule has 8 heteroatoms. The number of H-pyrrole nitrogens is 1. The van der Waals surface area contributed by atoms with Gasteiger partial charge in [-0.05, 0) is 69.6 Å². The van der Waals surface area contributed by atoms with Gasteiger partial charge in [0.15, 0.2) is 0 Å². The van der Waals surface area contributed by atoms with E-state index in [1.165, 1.54) is 0 Å². The zero-order chi connectivity index (χ0) is 25.1. The molecular weight excluding hydrogens is 442 g/mol. The summed E-state index contributed by atoms with van der Waals surface area (Å²) in [6.07, 6.45) is 3.83. The van der Waals surface area contributed by atoms with Crippen LogP contribution < -0.4 is 10.6 Å². The minimum atomic E-state index is -0.220. The average Bonchev–Trinajstić information content (AvgIpc) is 3.55. The van der Waals surface area contributed by atoms with E-state index in [4.69, 9.17) is 0 Å². The number of hydrogen-bond acceptors (Lipinski definition) is 4. The van der Waals surface area contributed by atoms with Gasteiger partial charge in [0.2, 0.25) is 0 Å². The number of rotatable bonds is 8. The number of likely N-dealkylation sites (tertiary alicyclic amines) is 1. The third kappa shape index (κ3) is 5.03. The van der Waals surface area contributed by atoms with Gasteiger partial charge in [-0.2, -0.15) is 0 Å². The second-order valence-electron chi connectivity index (χ2n) is 9.22. The Morgan fingerprint density at radius 2 is 1.86 bits per heavy atom. The molecule has 3 heterocycles. The molecule has 1 saturated heterocycles. The molecular formula is C27H35N5O3. The smallest absolute Gasteiger partial charge is 0.256 e. The predicted molar refractivity (Wildman–Crippen MR) is 138 cm³/mol. The summed E-state index contributed by atoms with van der Waals surface area (Å²) in [5.74, 6) is -0.343. The molecule has 35 heavy (non-hydrogen) atoms. The van der Waals surface area contributed by atoms with Crippen molar-refractivity contribution in [2.45, 2.75) is 40.5 Å². The number of aromatic amines is 1. The number of likely N-dealkylation sites (N-methyl/N-ethyl adjacent to an activating group) is 1. The first-order valence-corrected chi connectivity index (χ1v) is 12.5. The molecule has 0 atom stereocenters. The molecule has 4 rings (SSSR count). The number of fused-ring (bicyclic) bond motifs is 1. The lowest BCUT2D eigenvalue weighted by molar-refractivity contribution is -0.110. The van der Waals surface area contributed by atoms with Gasteiger partial charge in [-0.3, -0.25) is 14.4 Å². The second-order valence-corrected chi connectivity index (χ2v) is 9.22. The molecule has 1 fully saturated rings. The quantitative estimate of drug-likeness (QED) is 0.508.